The fourth-order valence-corrected chi connectivity index (χ4v) is 2.37. The third-order valence-corrected chi connectivity index (χ3v) is 3.46. The van der Waals surface area contributed by atoms with E-state index in [1.54, 1.807) is 31.5 Å². The molecule has 0 bridgehead atoms. The van der Waals surface area contributed by atoms with E-state index in [9.17, 15) is 4.79 Å². The molecule has 1 N–H and O–H groups in total. The molecule has 4 heteroatoms. The van der Waals surface area contributed by atoms with E-state index < -0.39 is 0 Å². The summed E-state index contributed by atoms with van der Waals surface area (Å²) < 4.78 is 5.19. The van der Waals surface area contributed by atoms with E-state index in [2.05, 4.69) is 4.98 Å². The van der Waals surface area contributed by atoms with Crippen LogP contribution >= 0.6 is 11.6 Å². The van der Waals surface area contributed by atoms with Gasteiger partial charge < -0.3 is 9.72 Å². The Labute approximate surface area is 120 Å². The van der Waals surface area contributed by atoms with Gasteiger partial charge in [-0.25, -0.2) is 0 Å². The lowest BCUT2D eigenvalue weighted by molar-refractivity contribution is 0.415. The average Bonchev–Trinajstić information content (AvgIpc) is 2.48. The second-order valence-corrected chi connectivity index (χ2v) is 4.89. The predicted molar refractivity (Wildman–Crippen MR) is 81.6 cm³/mol. The highest BCUT2D eigenvalue weighted by molar-refractivity contribution is 6.31. The molecule has 0 aliphatic carbocycles. The molecule has 0 aliphatic rings. The Morgan fingerprint density at radius 2 is 2.00 bits per heavy atom. The van der Waals surface area contributed by atoms with Crippen molar-refractivity contribution in [1.82, 2.24) is 4.98 Å². The van der Waals surface area contributed by atoms with Crippen LogP contribution in [0.2, 0.25) is 5.02 Å². The first kappa shape index (κ1) is 12.8. The van der Waals surface area contributed by atoms with E-state index in [0.717, 1.165) is 11.1 Å². The molecule has 1 aromatic heterocycles. The number of aromatic amines is 1. The van der Waals surface area contributed by atoms with Crippen LogP contribution in [0.5, 0.6) is 5.75 Å². The molecule has 0 unspecified atom stereocenters. The van der Waals surface area contributed by atoms with Gasteiger partial charge >= 0.3 is 0 Å². The summed E-state index contributed by atoms with van der Waals surface area (Å²) >= 11 is 5.96. The fraction of sp³-hybridized carbons (Fsp3) is 0.0625. The Bertz CT molecular complexity index is 839. The Hall–Kier alpha value is -2.26. The molecule has 0 spiro atoms. The monoisotopic (exact) mass is 285 g/mol. The van der Waals surface area contributed by atoms with Crippen LogP contribution in [0.4, 0.5) is 0 Å². The standard InChI is InChI=1S/C16H12ClNO2/c1-20-12-4-2-3-10(7-12)14-9-18-15-6-5-11(17)8-13(15)16(14)19/h2-9H,1H3,(H,18,19). The van der Waals surface area contributed by atoms with Gasteiger partial charge in [-0.3, -0.25) is 4.79 Å². The molecule has 0 radical (unpaired) electrons. The van der Waals surface area contributed by atoms with Crippen LogP contribution in [0.25, 0.3) is 22.0 Å². The molecule has 0 saturated heterocycles. The lowest BCUT2D eigenvalue weighted by atomic mass is 10.0. The zero-order chi connectivity index (χ0) is 14.1. The molecule has 0 saturated carbocycles. The van der Waals surface area contributed by atoms with Gasteiger partial charge in [0.05, 0.1) is 7.11 Å². The van der Waals surface area contributed by atoms with Gasteiger partial charge in [0.2, 0.25) is 0 Å². The number of nitrogens with one attached hydrogen (secondary N) is 1. The van der Waals surface area contributed by atoms with Gasteiger partial charge in [0, 0.05) is 27.7 Å². The van der Waals surface area contributed by atoms with E-state index in [1.807, 2.05) is 24.3 Å². The molecule has 0 aliphatic heterocycles. The molecule has 100 valence electrons. The van der Waals surface area contributed by atoms with Gasteiger partial charge in [-0.2, -0.15) is 0 Å². The van der Waals surface area contributed by atoms with E-state index in [4.69, 9.17) is 16.3 Å². The van der Waals surface area contributed by atoms with Gasteiger partial charge in [-0.05, 0) is 35.9 Å². The molecule has 0 amide bonds. The Balaban J connectivity index is 2.26. The molecular weight excluding hydrogens is 274 g/mol. The van der Waals surface area contributed by atoms with Crippen LogP contribution in [-0.4, -0.2) is 12.1 Å². The maximum Gasteiger partial charge on any atom is 0.197 e. The number of methoxy groups -OCH3 is 1. The summed E-state index contributed by atoms with van der Waals surface area (Å²) in [6, 6.07) is 12.6. The summed E-state index contributed by atoms with van der Waals surface area (Å²) in [5, 5.41) is 1.13. The number of H-pyrrole nitrogens is 1. The summed E-state index contributed by atoms with van der Waals surface area (Å²) in [7, 11) is 1.60. The van der Waals surface area contributed by atoms with Crippen LogP contribution in [0.15, 0.2) is 53.5 Å². The topological polar surface area (TPSA) is 42.1 Å². The molecule has 1 heterocycles. The Morgan fingerprint density at radius 1 is 1.15 bits per heavy atom. The number of rotatable bonds is 2. The molecule has 0 fully saturated rings. The average molecular weight is 286 g/mol. The van der Waals surface area contributed by atoms with Crippen molar-refractivity contribution in [3.05, 3.63) is 63.9 Å². The zero-order valence-corrected chi connectivity index (χ0v) is 11.6. The van der Waals surface area contributed by atoms with Gasteiger partial charge in [0.1, 0.15) is 5.75 Å². The smallest absolute Gasteiger partial charge is 0.197 e. The maximum absolute atomic E-state index is 12.6. The third kappa shape index (κ3) is 2.17. The summed E-state index contributed by atoms with van der Waals surface area (Å²) in [6.07, 6.45) is 1.72. The van der Waals surface area contributed by atoms with Crippen LogP contribution in [0, 0.1) is 0 Å². The van der Waals surface area contributed by atoms with Crippen molar-refractivity contribution >= 4 is 22.5 Å². The van der Waals surface area contributed by atoms with Crippen LogP contribution in [-0.2, 0) is 0 Å². The highest BCUT2D eigenvalue weighted by atomic mass is 35.5. The van der Waals surface area contributed by atoms with E-state index in [1.165, 1.54) is 0 Å². The minimum absolute atomic E-state index is 0.0468. The molecule has 0 atom stereocenters. The number of pyridine rings is 1. The van der Waals surface area contributed by atoms with Crippen molar-refractivity contribution in [3.63, 3.8) is 0 Å². The normalized spacial score (nSPS) is 10.7. The fourth-order valence-electron chi connectivity index (χ4n) is 2.20. The minimum Gasteiger partial charge on any atom is -0.497 e. The summed E-state index contributed by atoms with van der Waals surface area (Å²) in [6.45, 7) is 0. The largest absolute Gasteiger partial charge is 0.497 e. The molecule has 3 aromatic rings. The first-order chi connectivity index (χ1) is 9.69. The molecule has 2 aromatic carbocycles. The van der Waals surface area contributed by atoms with Crippen LogP contribution in [0.3, 0.4) is 0 Å². The first-order valence-electron chi connectivity index (χ1n) is 6.14. The third-order valence-electron chi connectivity index (χ3n) is 3.22. The second-order valence-electron chi connectivity index (χ2n) is 4.45. The SMILES string of the molecule is COc1cccc(-c2c[nH]c3ccc(Cl)cc3c2=O)c1. The van der Waals surface area contributed by atoms with Gasteiger partial charge in [0.15, 0.2) is 5.43 Å². The molecule has 3 rings (SSSR count). The number of benzene rings is 2. The highest BCUT2D eigenvalue weighted by Crippen LogP contribution is 2.23. The number of aromatic nitrogens is 1. The number of hydrogen-bond donors (Lipinski definition) is 1. The van der Waals surface area contributed by atoms with Crippen LogP contribution < -0.4 is 10.2 Å². The number of fused-ring (bicyclic) bond motifs is 1. The van der Waals surface area contributed by atoms with Crippen molar-refractivity contribution in [3.8, 4) is 16.9 Å². The lowest BCUT2D eigenvalue weighted by Gasteiger charge is -2.06. The van der Waals surface area contributed by atoms with Gasteiger partial charge in [0.25, 0.3) is 0 Å². The quantitative estimate of drug-likeness (QED) is 0.777. The summed E-state index contributed by atoms with van der Waals surface area (Å²) in [5.74, 6) is 0.716. The highest BCUT2D eigenvalue weighted by Gasteiger charge is 2.08. The van der Waals surface area contributed by atoms with Crippen molar-refractivity contribution in [2.24, 2.45) is 0 Å². The zero-order valence-electron chi connectivity index (χ0n) is 10.8. The van der Waals surface area contributed by atoms with Crippen molar-refractivity contribution < 1.29 is 4.74 Å². The van der Waals surface area contributed by atoms with Crippen LogP contribution in [0.1, 0.15) is 0 Å². The predicted octanol–water partition coefficient (Wildman–Crippen LogP) is 3.86. The minimum atomic E-state index is -0.0468. The van der Waals surface area contributed by atoms with Crippen molar-refractivity contribution in [2.75, 3.05) is 7.11 Å². The number of ether oxygens (including phenoxy) is 1. The summed E-state index contributed by atoms with van der Waals surface area (Å²) in [4.78, 5) is 15.7. The van der Waals surface area contributed by atoms with Crippen molar-refractivity contribution in [1.29, 1.82) is 0 Å². The number of hydrogen-bond acceptors (Lipinski definition) is 2. The Morgan fingerprint density at radius 3 is 2.80 bits per heavy atom. The first-order valence-corrected chi connectivity index (χ1v) is 6.52. The van der Waals surface area contributed by atoms with Crippen molar-refractivity contribution in [2.45, 2.75) is 0 Å². The maximum atomic E-state index is 12.6. The summed E-state index contributed by atoms with van der Waals surface area (Å²) in [5.41, 5.74) is 2.13. The number of halogens is 1. The molecular formula is C16H12ClNO2. The van der Waals surface area contributed by atoms with E-state index >= 15 is 0 Å². The molecule has 3 nitrogen and oxygen atoms in total. The lowest BCUT2D eigenvalue weighted by Crippen LogP contribution is -2.06. The Kier molecular flexibility index (Phi) is 3.20. The van der Waals surface area contributed by atoms with E-state index in [0.29, 0.717) is 21.7 Å². The van der Waals surface area contributed by atoms with E-state index in [-0.39, 0.29) is 5.43 Å². The van der Waals surface area contributed by atoms with Gasteiger partial charge in [-0.1, -0.05) is 23.7 Å². The molecule has 20 heavy (non-hydrogen) atoms. The van der Waals surface area contributed by atoms with Gasteiger partial charge in [-0.15, -0.1) is 0 Å². The second kappa shape index (κ2) is 5.02.